The molecule has 0 radical (unpaired) electrons. The Kier molecular flexibility index (Phi) is 6.24. The number of morpholine rings is 1. The highest BCUT2D eigenvalue weighted by molar-refractivity contribution is 5.94. The van der Waals surface area contributed by atoms with E-state index in [0.717, 1.165) is 19.5 Å². The van der Waals surface area contributed by atoms with E-state index in [1.165, 1.54) is 19.3 Å². The third-order valence-electron chi connectivity index (χ3n) is 5.72. The van der Waals surface area contributed by atoms with Crippen LogP contribution < -0.4 is 15.0 Å². The van der Waals surface area contributed by atoms with Gasteiger partial charge in [0.1, 0.15) is 5.75 Å². The number of nitrogens with zero attached hydrogens (tertiary/aromatic N) is 3. The molecule has 154 valence electrons. The molecule has 2 aliphatic rings. The van der Waals surface area contributed by atoms with Gasteiger partial charge >= 0.3 is 0 Å². The lowest BCUT2D eigenvalue weighted by Gasteiger charge is -2.29. The fraction of sp³-hybridized carbons (Fsp3) is 0.500. The van der Waals surface area contributed by atoms with Gasteiger partial charge in [-0.15, -0.1) is 0 Å². The van der Waals surface area contributed by atoms with Gasteiger partial charge in [0.25, 0.3) is 11.8 Å². The predicted molar refractivity (Wildman–Crippen MR) is 110 cm³/mol. The first-order chi connectivity index (χ1) is 14.2. The minimum Gasteiger partial charge on any atom is -0.436 e. The summed E-state index contributed by atoms with van der Waals surface area (Å²) in [5, 5.41) is 3.19. The van der Waals surface area contributed by atoms with E-state index in [0.29, 0.717) is 42.1 Å². The number of benzene rings is 1. The zero-order valence-corrected chi connectivity index (χ0v) is 16.8. The van der Waals surface area contributed by atoms with Crippen molar-refractivity contribution in [3.8, 4) is 11.6 Å². The molecule has 1 aromatic carbocycles. The third kappa shape index (κ3) is 4.85. The highest BCUT2D eigenvalue weighted by Gasteiger charge is 2.23. The number of carbonyl (C=O) groups excluding carboxylic acids is 1. The number of ether oxygens (including phenoxy) is 2. The molecule has 29 heavy (non-hydrogen) atoms. The number of hydrogen-bond donors (Lipinski definition) is 1. The topological polar surface area (TPSA) is 76.6 Å². The highest BCUT2D eigenvalue weighted by Crippen LogP contribution is 2.29. The second-order valence-electron chi connectivity index (χ2n) is 7.75. The van der Waals surface area contributed by atoms with E-state index in [2.05, 4.69) is 27.1 Å². The highest BCUT2D eigenvalue weighted by atomic mass is 16.5. The molecule has 1 aliphatic heterocycles. The van der Waals surface area contributed by atoms with E-state index < -0.39 is 0 Å². The Morgan fingerprint density at radius 2 is 1.83 bits per heavy atom. The lowest BCUT2D eigenvalue weighted by atomic mass is 9.86. The summed E-state index contributed by atoms with van der Waals surface area (Å²) in [6.45, 7) is 5.06. The van der Waals surface area contributed by atoms with Gasteiger partial charge in [-0.25, -0.2) is 9.97 Å². The van der Waals surface area contributed by atoms with Gasteiger partial charge in [-0.05, 0) is 43.0 Å². The van der Waals surface area contributed by atoms with Crippen LogP contribution >= 0.6 is 0 Å². The maximum atomic E-state index is 12.6. The quantitative estimate of drug-likeness (QED) is 0.835. The molecule has 7 nitrogen and oxygen atoms in total. The van der Waals surface area contributed by atoms with Gasteiger partial charge in [-0.3, -0.25) is 4.79 Å². The van der Waals surface area contributed by atoms with Gasteiger partial charge in [0.05, 0.1) is 13.2 Å². The first-order valence-corrected chi connectivity index (χ1v) is 10.4. The number of amides is 1. The largest absolute Gasteiger partial charge is 0.436 e. The van der Waals surface area contributed by atoms with Crippen LogP contribution in [0.15, 0.2) is 36.7 Å². The molecule has 2 fully saturated rings. The first kappa shape index (κ1) is 19.6. The van der Waals surface area contributed by atoms with Crippen molar-refractivity contribution in [2.45, 2.75) is 38.6 Å². The van der Waals surface area contributed by atoms with Crippen LogP contribution in [0.5, 0.6) is 11.6 Å². The summed E-state index contributed by atoms with van der Waals surface area (Å²) in [4.78, 5) is 23.5. The van der Waals surface area contributed by atoms with Crippen LogP contribution in [-0.2, 0) is 4.74 Å². The minimum absolute atomic E-state index is 0.0243. The number of anilines is 1. The van der Waals surface area contributed by atoms with Crippen LogP contribution in [-0.4, -0.2) is 48.2 Å². The Balaban J connectivity index is 1.41. The average molecular weight is 396 g/mol. The van der Waals surface area contributed by atoms with Crippen LogP contribution in [0.1, 0.15) is 43.0 Å². The Morgan fingerprint density at radius 3 is 2.59 bits per heavy atom. The van der Waals surface area contributed by atoms with Crippen LogP contribution in [0.25, 0.3) is 0 Å². The predicted octanol–water partition coefficient (Wildman–Crippen LogP) is 3.41. The lowest BCUT2D eigenvalue weighted by molar-refractivity contribution is 0.0910. The third-order valence-corrected chi connectivity index (χ3v) is 5.72. The standard InChI is InChI=1S/C22H28N4O3/c1-16-4-2-3-5-19(16)25-21(27)17-6-8-18(9-7-17)29-22-20(23-10-11-24-22)26-12-14-28-15-13-26/h6-11,16,19H,2-5,12-15H2,1H3,(H,25,27)/t16-,19+/m1/s1. The Hall–Kier alpha value is -2.67. The molecule has 1 aromatic heterocycles. The maximum Gasteiger partial charge on any atom is 0.263 e. The Morgan fingerprint density at radius 1 is 1.10 bits per heavy atom. The molecule has 0 spiro atoms. The van der Waals surface area contributed by atoms with Crippen molar-refractivity contribution < 1.29 is 14.3 Å². The zero-order chi connectivity index (χ0) is 20.1. The lowest BCUT2D eigenvalue weighted by Crippen LogP contribution is -2.41. The van der Waals surface area contributed by atoms with E-state index in [1.54, 1.807) is 36.7 Å². The summed E-state index contributed by atoms with van der Waals surface area (Å²) < 4.78 is 11.4. The summed E-state index contributed by atoms with van der Waals surface area (Å²) in [7, 11) is 0. The van der Waals surface area contributed by atoms with Crippen molar-refractivity contribution in [3.05, 3.63) is 42.2 Å². The van der Waals surface area contributed by atoms with Gasteiger partial charge in [-0.1, -0.05) is 19.8 Å². The van der Waals surface area contributed by atoms with Crippen LogP contribution in [0.4, 0.5) is 5.82 Å². The number of rotatable bonds is 5. The molecule has 1 aliphatic carbocycles. The first-order valence-electron chi connectivity index (χ1n) is 10.4. The molecule has 4 rings (SSSR count). The Labute approximate surface area is 171 Å². The summed E-state index contributed by atoms with van der Waals surface area (Å²) in [5.74, 6) is 2.31. The van der Waals surface area contributed by atoms with Crippen molar-refractivity contribution in [2.75, 3.05) is 31.2 Å². The molecule has 1 saturated heterocycles. The molecule has 2 aromatic rings. The molecule has 1 saturated carbocycles. The van der Waals surface area contributed by atoms with Crippen molar-refractivity contribution >= 4 is 11.7 Å². The van der Waals surface area contributed by atoms with Crippen molar-refractivity contribution in [2.24, 2.45) is 5.92 Å². The van der Waals surface area contributed by atoms with Gasteiger partial charge < -0.3 is 19.7 Å². The molecule has 0 bridgehead atoms. The molecule has 2 heterocycles. The molecular formula is C22H28N4O3. The molecule has 1 amide bonds. The maximum absolute atomic E-state index is 12.6. The Bertz CT molecular complexity index is 821. The normalized spacial score (nSPS) is 22.2. The number of aromatic nitrogens is 2. The molecule has 2 atom stereocenters. The van der Waals surface area contributed by atoms with Crippen molar-refractivity contribution in [3.63, 3.8) is 0 Å². The monoisotopic (exact) mass is 396 g/mol. The number of nitrogens with one attached hydrogen (secondary N) is 1. The SMILES string of the molecule is C[C@@H]1CCCC[C@@H]1NC(=O)c1ccc(Oc2nccnc2N2CCOCC2)cc1. The van der Waals surface area contributed by atoms with Crippen molar-refractivity contribution in [1.82, 2.24) is 15.3 Å². The summed E-state index contributed by atoms with van der Waals surface area (Å²) in [5.41, 5.74) is 0.641. The summed E-state index contributed by atoms with van der Waals surface area (Å²) in [6, 6.07) is 7.46. The van der Waals surface area contributed by atoms with E-state index in [4.69, 9.17) is 9.47 Å². The van der Waals surface area contributed by atoms with Crippen molar-refractivity contribution in [1.29, 1.82) is 0 Å². The fourth-order valence-corrected chi connectivity index (χ4v) is 3.95. The van der Waals surface area contributed by atoms with Crippen LogP contribution in [0.2, 0.25) is 0 Å². The molecule has 7 heteroatoms. The summed E-state index contributed by atoms with van der Waals surface area (Å²) >= 11 is 0. The summed E-state index contributed by atoms with van der Waals surface area (Å²) in [6.07, 6.45) is 7.97. The van der Waals surface area contributed by atoms with Gasteiger partial charge in [0.15, 0.2) is 5.82 Å². The second-order valence-corrected chi connectivity index (χ2v) is 7.75. The minimum atomic E-state index is -0.0243. The average Bonchev–Trinajstić information content (AvgIpc) is 2.77. The van der Waals surface area contributed by atoms with Gasteiger partial charge in [-0.2, -0.15) is 0 Å². The smallest absolute Gasteiger partial charge is 0.263 e. The van der Waals surface area contributed by atoms with Crippen LogP contribution in [0.3, 0.4) is 0 Å². The molecular weight excluding hydrogens is 368 g/mol. The number of carbonyl (C=O) groups is 1. The van der Waals surface area contributed by atoms with E-state index in [-0.39, 0.29) is 11.9 Å². The fourth-order valence-electron chi connectivity index (χ4n) is 3.95. The zero-order valence-electron chi connectivity index (χ0n) is 16.8. The van der Waals surface area contributed by atoms with Crippen LogP contribution in [0, 0.1) is 5.92 Å². The molecule has 0 unspecified atom stereocenters. The second kappa shape index (κ2) is 9.22. The molecule has 1 N–H and O–H groups in total. The van der Waals surface area contributed by atoms with Gasteiger partial charge in [0, 0.05) is 37.1 Å². The van der Waals surface area contributed by atoms with Gasteiger partial charge in [0.2, 0.25) is 0 Å². The number of hydrogen-bond acceptors (Lipinski definition) is 6. The van der Waals surface area contributed by atoms with E-state index >= 15 is 0 Å². The van der Waals surface area contributed by atoms with E-state index in [9.17, 15) is 4.79 Å². The van der Waals surface area contributed by atoms with E-state index in [1.807, 2.05) is 0 Å².